The minimum Gasteiger partial charge on any atom is -0.497 e. The summed E-state index contributed by atoms with van der Waals surface area (Å²) >= 11 is 0. The van der Waals surface area contributed by atoms with Crippen molar-refractivity contribution in [2.24, 2.45) is 0 Å². The normalized spacial score (nSPS) is 12.7. The van der Waals surface area contributed by atoms with E-state index in [1.54, 1.807) is 53.8 Å². The van der Waals surface area contributed by atoms with Gasteiger partial charge in [-0.25, -0.2) is 8.42 Å². The molecule has 0 heterocycles. The number of nitrogens with one attached hydrogen (secondary N) is 2. The molecule has 1 unspecified atom stereocenters. The van der Waals surface area contributed by atoms with Crippen molar-refractivity contribution in [2.75, 3.05) is 13.7 Å². The number of halogens is 3. The number of hydrogen-bond donors (Lipinski definition) is 2. The van der Waals surface area contributed by atoms with E-state index in [0.717, 1.165) is 12.1 Å². The molecule has 2 N–H and O–H groups in total. The maximum atomic E-state index is 13.1. The number of carbonyl (C=O) groups is 1. The second kappa shape index (κ2) is 10.1. The number of methoxy groups -OCH3 is 1. The molecular formula is C23H21F3N2O4S. The first-order valence-corrected chi connectivity index (χ1v) is 11.2. The third-order valence-corrected chi connectivity index (χ3v) is 6.17. The summed E-state index contributed by atoms with van der Waals surface area (Å²) in [7, 11) is -2.52. The van der Waals surface area contributed by atoms with Crippen LogP contribution in [0.4, 0.5) is 13.2 Å². The Morgan fingerprint density at radius 2 is 1.48 bits per heavy atom. The number of sulfonamides is 1. The summed E-state index contributed by atoms with van der Waals surface area (Å²) in [4.78, 5) is 11.7. The third-order valence-electron chi connectivity index (χ3n) is 4.73. The molecule has 10 heteroatoms. The molecule has 0 aromatic heterocycles. The molecule has 3 aromatic carbocycles. The molecule has 1 atom stereocenters. The van der Waals surface area contributed by atoms with Crippen molar-refractivity contribution in [3.63, 3.8) is 0 Å². The van der Waals surface area contributed by atoms with E-state index in [4.69, 9.17) is 4.74 Å². The molecule has 0 radical (unpaired) electrons. The summed E-state index contributed by atoms with van der Waals surface area (Å²) < 4.78 is 70.8. The molecule has 3 aromatic rings. The van der Waals surface area contributed by atoms with Gasteiger partial charge >= 0.3 is 6.18 Å². The van der Waals surface area contributed by atoms with Crippen LogP contribution in [-0.2, 0) is 10.0 Å². The molecule has 0 aliphatic rings. The van der Waals surface area contributed by atoms with Gasteiger partial charge in [-0.2, -0.15) is 17.9 Å². The van der Waals surface area contributed by atoms with Crippen molar-refractivity contribution in [3.8, 4) is 5.75 Å². The topological polar surface area (TPSA) is 84.5 Å². The summed E-state index contributed by atoms with van der Waals surface area (Å²) in [5, 5.41) is 1.74. The molecule has 33 heavy (non-hydrogen) atoms. The van der Waals surface area contributed by atoms with Crippen molar-refractivity contribution in [1.82, 2.24) is 10.0 Å². The first-order valence-electron chi connectivity index (χ1n) is 9.75. The Morgan fingerprint density at radius 3 is 2.03 bits per heavy atom. The lowest BCUT2D eigenvalue weighted by atomic mass is 10.00. The zero-order valence-electron chi connectivity index (χ0n) is 17.5. The SMILES string of the molecule is COc1ccc(C(NS(=O)(=O)c2ccc(C(=O)NCC(F)(F)F)cc2)c2ccccc2)cc1. The lowest BCUT2D eigenvalue weighted by molar-refractivity contribution is -0.123. The molecule has 0 aliphatic heterocycles. The Kier molecular flexibility index (Phi) is 7.39. The van der Waals surface area contributed by atoms with Gasteiger partial charge in [0.05, 0.1) is 18.0 Å². The zero-order chi connectivity index (χ0) is 24.1. The van der Waals surface area contributed by atoms with Crippen molar-refractivity contribution < 1.29 is 31.1 Å². The van der Waals surface area contributed by atoms with Gasteiger partial charge < -0.3 is 10.1 Å². The highest BCUT2D eigenvalue weighted by Gasteiger charge is 2.28. The number of amides is 1. The van der Waals surface area contributed by atoms with Crippen LogP contribution in [0.3, 0.4) is 0 Å². The van der Waals surface area contributed by atoms with Gasteiger partial charge in [0.25, 0.3) is 5.91 Å². The van der Waals surface area contributed by atoms with Crippen LogP contribution in [0.1, 0.15) is 27.5 Å². The van der Waals surface area contributed by atoms with Crippen molar-refractivity contribution in [1.29, 1.82) is 0 Å². The van der Waals surface area contributed by atoms with Crippen molar-refractivity contribution in [3.05, 3.63) is 95.6 Å². The Hall–Kier alpha value is -3.37. The summed E-state index contributed by atoms with van der Waals surface area (Å²) in [6, 6.07) is 19.8. The van der Waals surface area contributed by atoms with E-state index in [1.165, 1.54) is 19.2 Å². The summed E-state index contributed by atoms with van der Waals surface area (Å²) in [5.41, 5.74) is 1.29. The number of carbonyl (C=O) groups excluding carboxylic acids is 1. The fourth-order valence-electron chi connectivity index (χ4n) is 3.06. The van der Waals surface area contributed by atoms with Gasteiger partial charge in [-0.1, -0.05) is 42.5 Å². The highest BCUT2D eigenvalue weighted by molar-refractivity contribution is 7.89. The zero-order valence-corrected chi connectivity index (χ0v) is 18.3. The van der Waals surface area contributed by atoms with Gasteiger partial charge in [-0.15, -0.1) is 0 Å². The fourth-order valence-corrected chi connectivity index (χ4v) is 4.27. The standard InChI is InChI=1S/C23H21F3N2O4S/c1-32-19-11-7-17(8-12-19)21(16-5-3-2-4-6-16)28-33(30,31)20-13-9-18(10-14-20)22(29)27-15-23(24,25)26/h2-14,21,28H,15H2,1H3,(H,27,29). The molecule has 0 saturated heterocycles. The molecule has 3 rings (SSSR count). The van der Waals surface area contributed by atoms with E-state index in [9.17, 15) is 26.4 Å². The number of alkyl halides is 3. The van der Waals surface area contributed by atoms with Crippen LogP contribution >= 0.6 is 0 Å². The highest BCUT2D eigenvalue weighted by atomic mass is 32.2. The van der Waals surface area contributed by atoms with Crippen LogP contribution < -0.4 is 14.8 Å². The van der Waals surface area contributed by atoms with Crippen LogP contribution in [-0.4, -0.2) is 34.2 Å². The average molecular weight is 478 g/mol. The van der Waals surface area contributed by atoms with Crippen LogP contribution in [0.2, 0.25) is 0 Å². The highest BCUT2D eigenvalue weighted by Crippen LogP contribution is 2.26. The molecule has 0 saturated carbocycles. The van der Waals surface area contributed by atoms with Crippen LogP contribution in [0, 0.1) is 0 Å². The molecular weight excluding hydrogens is 457 g/mol. The smallest absolute Gasteiger partial charge is 0.405 e. The third kappa shape index (κ3) is 6.56. The Morgan fingerprint density at radius 1 is 0.909 bits per heavy atom. The first kappa shape index (κ1) is 24.3. The summed E-state index contributed by atoms with van der Waals surface area (Å²) in [6.45, 7) is -1.48. The molecule has 1 amide bonds. The van der Waals surface area contributed by atoms with E-state index in [0.29, 0.717) is 16.9 Å². The van der Waals surface area contributed by atoms with Crippen LogP contribution in [0.25, 0.3) is 0 Å². The maximum absolute atomic E-state index is 13.1. The lowest BCUT2D eigenvalue weighted by Crippen LogP contribution is -2.33. The second-order valence-corrected chi connectivity index (χ2v) is 8.77. The second-order valence-electron chi connectivity index (χ2n) is 7.06. The van der Waals surface area contributed by atoms with Gasteiger partial charge in [-0.3, -0.25) is 4.79 Å². The minimum atomic E-state index is -4.54. The summed E-state index contributed by atoms with van der Waals surface area (Å²) in [5.74, 6) is -0.336. The maximum Gasteiger partial charge on any atom is 0.405 e. The van der Waals surface area contributed by atoms with Gasteiger partial charge in [0.15, 0.2) is 0 Å². The molecule has 0 bridgehead atoms. The Labute approximate surface area is 189 Å². The number of benzene rings is 3. The summed E-state index contributed by atoms with van der Waals surface area (Å²) in [6.07, 6.45) is -4.54. The molecule has 174 valence electrons. The monoisotopic (exact) mass is 478 g/mol. The molecule has 0 aliphatic carbocycles. The van der Waals surface area contributed by atoms with Gasteiger partial charge in [-0.05, 0) is 47.5 Å². The number of hydrogen-bond acceptors (Lipinski definition) is 4. The number of rotatable bonds is 8. The predicted molar refractivity (Wildman–Crippen MR) is 116 cm³/mol. The van der Waals surface area contributed by atoms with Crippen LogP contribution in [0.5, 0.6) is 5.75 Å². The van der Waals surface area contributed by atoms with Gasteiger partial charge in [0, 0.05) is 5.56 Å². The quantitative estimate of drug-likeness (QED) is 0.512. The van der Waals surface area contributed by atoms with E-state index in [2.05, 4.69) is 4.72 Å². The van der Waals surface area contributed by atoms with E-state index < -0.39 is 34.7 Å². The fraction of sp³-hybridized carbons (Fsp3) is 0.174. The Balaban J connectivity index is 1.84. The van der Waals surface area contributed by atoms with Crippen molar-refractivity contribution in [2.45, 2.75) is 17.1 Å². The molecule has 6 nitrogen and oxygen atoms in total. The predicted octanol–water partition coefficient (Wildman–Crippen LogP) is 4.06. The van der Waals surface area contributed by atoms with E-state index in [1.807, 2.05) is 6.07 Å². The van der Waals surface area contributed by atoms with E-state index in [-0.39, 0.29) is 10.5 Å². The van der Waals surface area contributed by atoms with Gasteiger partial charge in [0.1, 0.15) is 12.3 Å². The van der Waals surface area contributed by atoms with E-state index >= 15 is 0 Å². The van der Waals surface area contributed by atoms with Crippen LogP contribution in [0.15, 0.2) is 83.8 Å². The van der Waals surface area contributed by atoms with Gasteiger partial charge in [0.2, 0.25) is 10.0 Å². The minimum absolute atomic E-state index is 0.0898. The number of ether oxygens (including phenoxy) is 1. The largest absolute Gasteiger partial charge is 0.497 e. The molecule has 0 fully saturated rings. The lowest BCUT2D eigenvalue weighted by Gasteiger charge is -2.20. The first-order chi connectivity index (χ1) is 15.6. The Bertz CT molecular complexity index is 1180. The van der Waals surface area contributed by atoms with Crippen molar-refractivity contribution >= 4 is 15.9 Å². The molecule has 0 spiro atoms. The average Bonchev–Trinajstić information content (AvgIpc) is 2.81.